The van der Waals surface area contributed by atoms with Gasteiger partial charge in [0.2, 0.25) is 5.91 Å². The molecule has 13 heavy (non-hydrogen) atoms. The number of amides is 2. The van der Waals surface area contributed by atoms with Crippen molar-refractivity contribution in [1.82, 2.24) is 10.2 Å². The first-order chi connectivity index (χ1) is 5.99. The highest BCUT2D eigenvalue weighted by molar-refractivity contribution is 5.85. The standard InChI is InChI=1S/C7H12F2N2O2/c1-3-10-5(12)4-11(2)7(13)6(8)9/h6H,3-4H2,1-2H3,(H,10,12). The summed E-state index contributed by atoms with van der Waals surface area (Å²) < 4.78 is 23.6. The summed E-state index contributed by atoms with van der Waals surface area (Å²) >= 11 is 0. The van der Waals surface area contributed by atoms with Crippen molar-refractivity contribution in [2.75, 3.05) is 20.1 Å². The Hall–Kier alpha value is -1.20. The summed E-state index contributed by atoms with van der Waals surface area (Å²) in [6.07, 6.45) is -3.06. The van der Waals surface area contributed by atoms with Gasteiger partial charge < -0.3 is 10.2 Å². The van der Waals surface area contributed by atoms with Crippen LogP contribution in [0.5, 0.6) is 0 Å². The molecule has 2 amide bonds. The third-order valence-corrected chi connectivity index (χ3v) is 1.32. The Balaban J connectivity index is 3.92. The van der Waals surface area contributed by atoms with Gasteiger partial charge in [-0.2, -0.15) is 8.78 Å². The molecule has 0 aromatic carbocycles. The van der Waals surface area contributed by atoms with Crippen LogP contribution in [0, 0.1) is 0 Å². The lowest BCUT2D eigenvalue weighted by atomic mass is 10.4. The van der Waals surface area contributed by atoms with Gasteiger partial charge in [0.1, 0.15) is 0 Å². The molecule has 0 saturated heterocycles. The third kappa shape index (κ3) is 4.39. The lowest BCUT2D eigenvalue weighted by molar-refractivity contribution is -0.144. The fourth-order valence-corrected chi connectivity index (χ4v) is 0.713. The molecule has 0 aliphatic carbocycles. The van der Waals surface area contributed by atoms with Gasteiger partial charge in [0.15, 0.2) is 0 Å². The molecule has 0 spiro atoms. The van der Waals surface area contributed by atoms with Crippen LogP contribution in [0.3, 0.4) is 0 Å². The third-order valence-electron chi connectivity index (χ3n) is 1.32. The van der Waals surface area contributed by atoms with Crippen LogP contribution in [-0.2, 0) is 9.59 Å². The normalized spacial score (nSPS) is 9.92. The molecule has 0 fully saturated rings. The van der Waals surface area contributed by atoms with Crippen molar-refractivity contribution in [3.8, 4) is 0 Å². The Kier molecular flexibility index (Phi) is 4.94. The van der Waals surface area contributed by atoms with E-state index in [4.69, 9.17) is 0 Å². The Bertz CT molecular complexity index is 197. The second-order valence-corrected chi connectivity index (χ2v) is 2.45. The van der Waals surface area contributed by atoms with Crippen molar-refractivity contribution < 1.29 is 18.4 Å². The number of halogens is 2. The number of carbonyl (C=O) groups is 2. The number of nitrogens with one attached hydrogen (secondary N) is 1. The molecule has 76 valence electrons. The van der Waals surface area contributed by atoms with Crippen LogP contribution in [0.25, 0.3) is 0 Å². The van der Waals surface area contributed by atoms with Gasteiger partial charge in [-0.15, -0.1) is 0 Å². The second kappa shape index (κ2) is 5.45. The Morgan fingerprint density at radius 1 is 1.46 bits per heavy atom. The van der Waals surface area contributed by atoms with Gasteiger partial charge in [0.25, 0.3) is 5.91 Å². The Labute approximate surface area is 74.9 Å². The molecule has 0 bridgehead atoms. The lowest BCUT2D eigenvalue weighted by Crippen LogP contribution is -2.40. The van der Waals surface area contributed by atoms with Crippen LogP contribution >= 0.6 is 0 Å². The summed E-state index contributed by atoms with van der Waals surface area (Å²) in [6, 6.07) is 0. The van der Waals surface area contributed by atoms with E-state index in [-0.39, 0.29) is 6.54 Å². The molecule has 0 aliphatic heterocycles. The molecule has 0 rings (SSSR count). The molecule has 0 saturated carbocycles. The minimum absolute atomic E-state index is 0.336. The van der Waals surface area contributed by atoms with Crippen molar-refractivity contribution in [2.45, 2.75) is 13.3 Å². The second-order valence-electron chi connectivity index (χ2n) is 2.45. The Morgan fingerprint density at radius 2 is 2.00 bits per heavy atom. The highest BCUT2D eigenvalue weighted by atomic mass is 19.3. The average Bonchev–Trinajstić information content (AvgIpc) is 2.03. The van der Waals surface area contributed by atoms with E-state index >= 15 is 0 Å². The molecular weight excluding hydrogens is 182 g/mol. The first-order valence-electron chi connectivity index (χ1n) is 3.78. The van der Waals surface area contributed by atoms with Crippen molar-refractivity contribution >= 4 is 11.8 Å². The zero-order chi connectivity index (χ0) is 10.4. The van der Waals surface area contributed by atoms with Gasteiger partial charge >= 0.3 is 6.43 Å². The summed E-state index contributed by atoms with van der Waals surface area (Å²) in [5.74, 6) is -1.79. The first kappa shape index (κ1) is 11.8. The van der Waals surface area contributed by atoms with Gasteiger partial charge in [0.05, 0.1) is 6.54 Å². The average molecular weight is 194 g/mol. The number of likely N-dealkylation sites (N-methyl/N-ethyl adjacent to an activating group) is 2. The highest BCUT2D eigenvalue weighted by Gasteiger charge is 2.21. The number of carbonyl (C=O) groups excluding carboxylic acids is 2. The van der Waals surface area contributed by atoms with E-state index in [1.165, 1.54) is 0 Å². The summed E-state index contributed by atoms with van der Waals surface area (Å²) in [5.41, 5.74) is 0. The topological polar surface area (TPSA) is 49.4 Å². The van der Waals surface area contributed by atoms with E-state index in [2.05, 4.69) is 5.32 Å². The molecular formula is C7H12F2N2O2. The zero-order valence-corrected chi connectivity index (χ0v) is 7.51. The zero-order valence-electron chi connectivity index (χ0n) is 7.51. The van der Waals surface area contributed by atoms with E-state index in [9.17, 15) is 18.4 Å². The van der Waals surface area contributed by atoms with Crippen LogP contribution in [0.4, 0.5) is 8.78 Å². The van der Waals surface area contributed by atoms with E-state index in [1.807, 2.05) is 0 Å². The predicted octanol–water partition coefficient (Wildman–Crippen LogP) is -0.154. The molecule has 1 N–H and O–H groups in total. The maximum absolute atomic E-state index is 11.8. The minimum Gasteiger partial charge on any atom is -0.355 e. The minimum atomic E-state index is -3.06. The van der Waals surface area contributed by atoms with Crippen LogP contribution in [-0.4, -0.2) is 43.3 Å². The fraction of sp³-hybridized carbons (Fsp3) is 0.714. The van der Waals surface area contributed by atoms with Crippen LogP contribution in [0.1, 0.15) is 6.92 Å². The molecule has 0 aromatic heterocycles. The van der Waals surface area contributed by atoms with Crippen molar-refractivity contribution in [3.05, 3.63) is 0 Å². The van der Waals surface area contributed by atoms with Crippen LogP contribution < -0.4 is 5.32 Å². The van der Waals surface area contributed by atoms with E-state index in [0.29, 0.717) is 11.4 Å². The van der Waals surface area contributed by atoms with Gasteiger partial charge in [-0.05, 0) is 6.92 Å². The predicted molar refractivity (Wildman–Crippen MR) is 42.3 cm³/mol. The molecule has 4 nitrogen and oxygen atoms in total. The number of nitrogens with zero attached hydrogens (tertiary/aromatic N) is 1. The summed E-state index contributed by atoms with van der Waals surface area (Å²) in [7, 11) is 1.16. The summed E-state index contributed by atoms with van der Waals surface area (Å²) in [6.45, 7) is 1.78. The van der Waals surface area contributed by atoms with E-state index < -0.39 is 18.2 Å². The van der Waals surface area contributed by atoms with Crippen LogP contribution in [0.15, 0.2) is 0 Å². The summed E-state index contributed by atoms with van der Waals surface area (Å²) in [4.78, 5) is 22.1. The molecule has 6 heteroatoms. The first-order valence-corrected chi connectivity index (χ1v) is 3.78. The largest absolute Gasteiger partial charge is 0.355 e. The van der Waals surface area contributed by atoms with E-state index in [1.54, 1.807) is 6.92 Å². The maximum atomic E-state index is 11.8. The van der Waals surface area contributed by atoms with Crippen LogP contribution in [0.2, 0.25) is 0 Å². The van der Waals surface area contributed by atoms with Crippen molar-refractivity contribution in [3.63, 3.8) is 0 Å². The molecule has 0 radical (unpaired) electrons. The van der Waals surface area contributed by atoms with Gasteiger partial charge in [0, 0.05) is 13.6 Å². The molecule has 0 atom stereocenters. The quantitative estimate of drug-likeness (QED) is 0.676. The van der Waals surface area contributed by atoms with Gasteiger partial charge in [-0.1, -0.05) is 0 Å². The molecule has 0 unspecified atom stereocenters. The maximum Gasteiger partial charge on any atom is 0.315 e. The Morgan fingerprint density at radius 3 is 2.38 bits per heavy atom. The molecule has 0 heterocycles. The van der Waals surface area contributed by atoms with E-state index in [0.717, 1.165) is 7.05 Å². The molecule has 0 aliphatic rings. The number of alkyl halides is 2. The van der Waals surface area contributed by atoms with Gasteiger partial charge in [-0.3, -0.25) is 9.59 Å². The SMILES string of the molecule is CCNC(=O)CN(C)C(=O)C(F)F. The number of hydrogen-bond donors (Lipinski definition) is 1. The lowest BCUT2D eigenvalue weighted by Gasteiger charge is -2.15. The monoisotopic (exact) mass is 194 g/mol. The molecule has 0 aromatic rings. The smallest absolute Gasteiger partial charge is 0.315 e. The fourth-order valence-electron chi connectivity index (χ4n) is 0.713. The van der Waals surface area contributed by atoms with Gasteiger partial charge in [-0.25, -0.2) is 0 Å². The highest BCUT2D eigenvalue weighted by Crippen LogP contribution is 1.97. The number of hydrogen-bond acceptors (Lipinski definition) is 2. The van der Waals surface area contributed by atoms with Crippen molar-refractivity contribution in [2.24, 2.45) is 0 Å². The number of rotatable bonds is 4. The van der Waals surface area contributed by atoms with Crippen molar-refractivity contribution in [1.29, 1.82) is 0 Å². The summed E-state index contributed by atoms with van der Waals surface area (Å²) in [5, 5.41) is 2.39.